The number of esters is 1. The van der Waals surface area contributed by atoms with Crippen molar-refractivity contribution in [1.29, 1.82) is 0 Å². The van der Waals surface area contributed by atoms with Crippen molar-refractivity contribution in [2.24, 2.45) is 0 Å². The summed E-state index contributed by atoms with van der Waals surface area (Å²) in [7, 11) is 2.84. The van der Waals surface area contributed by atoms with Gasteiger partial charge in [-0.3, -0.25) is 0 Å². The van der Waals surface area contributed by atoms with E-state index in [1.165, 1.54) is 13.3 Å². The summed E-state index contributed by atoms with van der Waals surface area (Å²) >= 11 is 0. The van der Waals surface area contributed by atoms with E-state index in [0.717, 1.165) is 0 Å². The fourth-order valence-electron chi connectivity index (χ4n) is 1.39. The number of ether oxygens (including phenoxy) is 2. The molecule has 0 aromatic carbocycles. The summed E-state index contributed by atoms with van der Waals surface area (Å²) in [6, 6.07) is 1.55. The smallest absolute Gasteiger partial charge is 0.376 e. The number of hydrogen-bond donors (Lipinski definition) is 2. The Balaban J connectivity index is 2.73. The normalized spacial score (nSPS) is 11.9. The molecule has 0 saturated heterocycles. The minimum Gasteiger partial charge on any atom is -0.463 e. The molecule has 1 heterocycles. The highest BCUT2D eigenvalue weighted by Crippen LogP contribution is 2.07. The first-order valence-electron chi connectivity index (χ1n) is 5.49. The van der Waals surface area contributed by atoms with Gasteiger partial charge in [0, 0.05) is 19.9 Å². The second-order valence-corrected chi connectivity index (χ2v) is 3.57. The molecule has 0 fully saturated rings. The molecule has 0 radical (unpaired) electrons. The minimum atomic E-state index is -0.593. The van der Waals surface area contributed by atoms with E-state index in [1.807, 2.05) is 0 Å². The first kappa shape index (κ1) is 14.3. The monoisotopic (exact) mass is 255 g/mol. The van der Waals surface area contributed by atoms with Crippen LogP contribution in [0.3, 0.4) is 0 Å². The lowest BCUT2D eigenvalue weighted by Gasteiger charge is -2.17. The molecule has 100 valence electrons. The molecule has 0 aliphatic carbocycles. The average molecular weight is 255 g/mol. The molecule has 1 rings (SSSR count). The predicted octanol–water partition coefficient (Wildman–Crippen LogP) is 0.0725. The van der Waals surface area contributed by atoms with Crippen LogP contribution in [0.1, 0.15) is 17.0 Å². The standard InChI is InChI=1S/C11H17N3O4/c1-17-7-8(4-6-15)13-9-3-5-12-10(14-9)11(16)18-2/h3,5,8,15H,4,6-7H2,1-2H3,(H,12,13,14). The number of nitrogens with zero attached hydrogens (tertiary/aromatic N) is 2. The average Bonchev–Trinajstić information content (AvgIpc) is 2.39. The number of aliphatic hydroxyl groups is 1. The van der Waals surface area contributed by atoms with Gasteiger partial charge in [0.25, 0.3) is 0 Å². The van der Waals surface area contributed by atoms with Crippen LogP contribution >= 0.6 is 0 Å². The number of nitrogens with one attached hydrogen (secondary N) is 1. The van der Waals surface area contributed by atoms with Crippen LogP contribution in [0.4, 0.5) is 5.82 Å². The van der Waals surface area contributed by atoms with Gasteiger partial charge in [0.1, 0.15) is 5.82 Å². The Morgan fingerprint density at radius 1 is 1.56 bits per heavy atom. The number of rotatable bonds is 7. The number of aromatic nitrogens is 2. The van der Waals surface area contributed by atoms with Crippen LogP contribution in [0.15, 0.2) is 12.3 Å². The number of anilines is 1. The van der Waals surface area contributed by atoms with Crippen LogP contribution < -0.4 is 5.32 Å². The van der Waals surface area contributed by atoms with Crippen molar-refractivity contribution in [2.75, 3.05) is 32.8 Å². The highest BCUT2D eigenvalue weighted by molar-refractivity contribution is 5.85. The molecule has 0 aliphatic heterocycles. The van der Waals surface area contributed by atoms with E-state index >= 15 is 0 Å². The second-order valence-electron chi connectivity index (χ2n) is 3.57. The van der Waals surface area contributed by atoms with E-state index < -0.39 is 5.97 Å². The maximum atomic E-state index is 11.3. The summed E-state index contributed by atoms with van der Waals surface area (Å²) < 4.78 is 9.55. The number of aliphatic hydroxyl groups excluding tert-OH is 1. The fraction of sp³-hybridized carbons (Fsp3) is 0.545. The molecule has 0 aliphatic rings. The van der Waals surface area contributed by atoms with E-state index in [0.29, 0.717) is 18.8 Å². The van der Waals surface area contributed by atoms with Crippen molar-refractivity contribution < 1.29 is 19.4 Å². The van der Waals surface area contributed by atoms with Crippen molar-refractivity contribution in [3.63, 3.8) is 0 Å². The van der Waals surface area contributed by atoms with Crippen LogP contribution in [-0.4, -0.2) is 54.5 Å². The Morgan fingerprint density at radius 2 is 2.33 bits per heavy atom. The van der Waals surface area contributed by atoms with Gasteiger partial charge in [0.15, 0.2) is 0 Å². The van der Waals surface area contributed by atoms with E-state index in [9.17, 15) is 4.79 Å². The molecule has 0 saturated carbocycles. The lowest BCUT2D eigenvalue weighted by Crippen LogP contribution is -2.27. The summed E-state index contributed by atoms with van der Waals surface area (Å²) in [5.41, 5.74) is 0. The van der Waals surface area contributed by atoms with Crippen molar-refractivity contribution >= 4 is 11.8 Å². The highest BCUT2D eigenvalue weighted by atomic mass is 16.5. The second kappa shape index (κ2) is 7.57. The largest absolute Gasteiger partial charge is 0.463 e. The van der Waals surface area contributed by atoms with Gasteiger partial charge >= 0.3 is 5.97 Å². The summed E-state index contributed by atoms with van der Waals surface area (Å²) in [5, 5.41) is 12.0. The molecular formula is C11H17N3O4. The molecule has 1 atom stereocenters. The first-order valence-corrected chi connectivity index (χ1v) is 5.49. The molecule has 2 N–H and O–H groups in total. The molecule has 0 spiro atoms. The van der Waals surface area contributed by atoms with Gasteiger partial charge in [-0.05, 0) is 12.5 Å². The van der Waals surface area contributed by atoms with Crippen LogP contribution in [0, 0.1) is 0 Å². The molecule has 1 unspecified atom stereocenters. The van der Waals surface area contributed by atoms with Gasteiger partial charge in [-0.1, -0.05) is 0 Å². The molecule has 0 amide bonds. The van der Waals surface area contributed by atoms with Crippen LogP contribution in [0.25, 0.3) is 0 Å². The van der Waals surface area contributed by atoms with Crippen LogP contribution in [-0.2, 0) is 9.47 Å². The van der Waals surface area contributed by atoms with Crippen molar-refractivity contribution in [2.45, 2.75) is 12.5 Å². The Morgan fingerprint density at radius 3 is 2.94 bits per heavy atom. The van der Waals surface area contributed by atoms with Crippen molar-refractivity contribution in [3.05, 3.63) is 18.1 Å². The summed E-state index contributed by atoms with van der Waals surface area (Å²) in [6.07, 6.45) is 1.98. The van der Waals surface area contributed by atoms with E-state index in [-0.39, 0.29) is 18.5 Å². The zero-order valence-corrected chi connectivity index (χ0v) is 10.4. The maximum Gasteiger partial charge on any atom is 0.376 e. The molecule has 18 heavy (non-hydrogen) atoms. The minimum absolute atomic E-state index is 0.0114. The quantitative estimate of drug-likeness (QED) is 0.666. The van der Waals surface area contributed by atoms with Crippen LogP contribution in [0.5, 0.6) is 0 Å². The van der Waals surface area contributed by atoms with Crippen molar-refractivity contribution in [3.8, 4) is 0 Å². The van der Waals surface area contributed by atoms with Gasteiger partial charge in [-0.15, -0.1) is 0 Å². The zero-order chi connectivity index (χ0) is 13.4. The molecule has 1 aromatic rings. The lowest BCUT2D eigenvalue weighted by molar-refractivity contribution is 0.0587. The topological polar surface area (TPSA) is 93.6 Å². The molecule has 7 heteroatoms. The van der Waals surface area contributed by atoms with E-state index in [1.54, 1.807) is 13.2 Å². The molecule has 7 nitrogen and oxygen atoms in total. The summed E-state index contributed by atoms with van der Waals surface area (Å²) in [4.78, 5) is 19.1. The highest BCUT2D eigenvalue weighted by Gasteiger charge is 2.12. The summed E-state index contributed by atoms with van der Waals surface area (Å²) in [5.74, 6) is -0.118. The summed E-state index contributed by atoms with van der Waals surface area (Å²) in [6.45, 7) is 0.466. The van der Waals surface area contributed by atoms with Gasteiger partial charge < -0.3 is 19.9 Å². The molecule has 0 bridgehead atoms. The Labute approximate surface area is 105 Å². The number of carbonyl (C=O) groups excluding carboxylic acids is 1. The predicted molar refractivity (Wildman–Crippen MR) is 64.4 cm³/mol. The lowest BCUT2D eigenvalue weighted by atomic mass is 10.2. The first-order chi connectivity index (χ1) is 8.71. The van der Waals surface area contributed by atoms with Crippen LogP contribution in [0.2, 0.25) is 0 Å². The van der Waals surface area contributed by atoms with Gasteiger partial charge in [-0.2, -0.15) is 0 Å². The van der Waals surface area contributed by atoms with E-state index in [4.69, 9.17) is 9.84 Å². The molecule has 1 aromatic heterocycles. The number of hydrogen-bond acceptors (Lipinski definition) is 7. The third-order valence-electron chi connectivity index (χ3n) is 2.22. The van der Waals surface area contributed by atoms with E-state index in [2.05, 4.69) is 20.0 Å². The SMILES string of the molecule is COCC(CCO)Nc1ccnc(C(=O)OC)n1. The Hall–Kier alpha value is -1.73. The van der Waals surface area contributed by atoms with Gasteiger partial charge in [0.05, 0.1) is 19.8 Å². The zero-order valence-electron chi connectivity index (χ0n) is 10.4. The van der Waals surface area contributed by atoms with Crippen molar-refractivity contribution in [1.82, 2.24) is 9.97 Å². The van der Waals surface area contributed by atoms with Gasteiger partial charge in [0.2, 0.25) is 5.82 Å². The maximum absolute atomic E-state index is 11.3. The third kappa shape index (κ3) is 4.27. The fourth-order valence-corrected chi connectivity index (χ4v) is 1.39. The molecular weight excluding hydrogens is 238 g/mol. The number of carbonyl (C=O) groups is 1. The number of methoxy groups -OCH3 is 2. The Bertz CT molecular complexity index is 380. The Kier molecular flexibility index (Phi) is 6.03. The van der Waals surface area contributed by atoms with Gasteiger partial charge in [-0.25, -0.2) is 14.8 Å². The third-order valence-corrected chi connectivity index (χ3v) is 2.22.